The maximum absolute atomic E-state index is 9.76. The summed E-state index contributed by atoms with van der Waals surface area (Å²) in [7, 11) is 0. The van der Waals surface area contributed by atoms with E-state index in [-0.39, 0.29) is 5.54 Å². The minimum absolute atomic E-state index is 0.0236. The number of hydrogen-bond acceptors (Lipinski definition) is 3. The quantitative estimate of drug-likeness (QED) is 0.766. The molecule has 0 spiro atoms. The zero-order chi connectivity index (χ0) is 10.6. The van der Waals surface area contributed by atoms with Gasteiger partial charge in [0, 0.05) is 18.3 Å². The van der Waals surface area contributed by atoms with Crippen molar-refractivity contribution in [2.45, 2.75) is 32.4 Å². The number of hydrogen-bond donors (Lipinski definition) is 2. The van der Waals surface area contributed by atoms with Gasteiger partial charge in [-0.05, 0) is 32.9 Å². The third-order valence-corrected chi connectivity index (χ3v) is 1.85. The number of rotatable bonds is 3. The van der Waals surface area contributed by atoms with Crippen LogP contribution in [-0.2, 0) is 0 Å². The van der Waals surface area contributed by atoms with Crippen molar-refractivity contribution >= 4 is 0 Å². The molecule has 0 saturated carbocycles. The van der Waals surface area contributed by atoms with Gasteiger partial charge in [0.2, 0.25) is 0 Å². The van der Waals surface area contributed by atoms with E-state index in [4.69, 9.17) is 0 Å². The average Bonchev–Trinajstić information content (AvgIpc) is 2.14. The lowest BCUT2D eigenvalue weighted by atomic mass is 10.1. The van der Waals surface area contributed by atoms with Crippen LogP contribution >= 0.6 is 0 Å². The first-order valence-electron chi connectivity index (χ1n) is 4.83. The van der Waals surface area contributed by atoms with E-state index in [1.54, 1.807) is 6.20 Å². The van der Waals surface area contributed by atoms with Gasteiger partial charge >= 0.3 is 0 Å². The fourth-order valence-corrected chi connectivity index (χ4v) is 1.08. The SMILES string of the molecule is CC(C)(C)NCC(O)c1ccccn1. The van der Waals surface area contributed by atoms with E-state index in [1.165, 1.54) is 0 Å². The van der Waals surface area contributed by atoms with Crippen molar-refractivity contribution in [2.24, 2.45) is 0 Å². The van der Waals surface area contributed by atoms with Crippen LogP contribution in [0.2, 0.25) is 0 Å². The highest BCUT2D eigenvalue weighted by Gasteiger charge is 2.13. The summed E-state index contributed by atoms with van der Waals surface area (Å²) >= 11 is 0. The third kappa shape index (κ3) is 3.85. The van der Waals surface area contributed by atoms with Gasteiger partial charge in [-0.3, -0.25) is 4.98 Å². The first-order valence-corrected chi connectivity index (χ1v) is 4.83. The summed E-state index contributed by atoms with van der Waals surface area (Å²) in [5, 5.41) is 13.0. The van der Waals surface area contributed by atoms with Gasteiger partial charge in [-0.25, -0.2) is 0 Å². The van der Waals surface area contributed by atoms with Crippen LogP contribution < -0.4 is 5.32 Å². The molecule has 1 heterocycles. The van der Waals surface area contributed by atoms with Crippen LogP contribution in [0.4, 0.5) is 0 Å². The lowest BCUT2D eigenvalue weighted by Gasteiger charge is -2.22. The first kappa shape index (κ1) is 11.1. The highest BCUT2D eigenvalue weighted by molar-refractivity contribution is 5.07. The molecule has 0 aromatic carbocycles. The maximum atomic E-state index is 9.76. The predicted molar refractivity (Wildman–Crippen MR) is 57.0 cm³/mol. The van der Waals surface area contributed by atoms with Gasteiger partial charge in [0.15, 0.2) is 0 Å². The Morgan fingerprint density at radius 3 is 2.64 bits per heavy atom. The van der Waals surface area contributed by atoms with Crippen LogP contribution in [0.3, 0.4) is 0 Å². The van der Waals surface area contributed by atoms with E-state index in [0.717, 1.165) is 0 Å². The van der Waals surface area contributed by atoms with Crippen LogP contribution in [-0.4, -0.2) is 22.2 Å². The van der Waals surface area contributed by atoms with Gasteiger partial charge in [-0.15, -0.1) is 0 Å². The lowest BCUT2D eigenvalue weighted by Crippen LogP contribution is -2.38. The summed E-state index contributed by atoms with van der Waals surface area (Å²) in [6.07, 6.45) is 1.16. The Morgan fingerprint density at radius 2 is 2.14 bits per heavy atom. The standard InChI is InChI=1S/C11H18N2O/c1-11(2,3)13-8-10(14)9-6-4-5-7-12-9/h4-7,10,13-14H,8H2,1-3H3. The van der Waals surface area contributed by atoms with Crippen molar-refractivity contribution in [3.8, 4) is 0 Å². The van der Waals surface area contributed by atoms with E-state index < -0.39 is 6.10 Å². The highest BCUT2D eigenvalue weighted by atomic mass is 16.3. The molecule has 3 nitrogen and oxygen atoms in total. The van der Waals surface area contributed by atoms with Crippen LogP contribution in [0, 0.1) is 0 Å². The normalized spacial score (nSPS) is 14.0. The molecule has 1 rings (SSSR count). The average molecular weight is 194 g/mol. The molecule has 3 heteroatoms. The number of nitrogens with zero attached hydrogens (tertiary/aromatic N) is 1. The molecule has 0 saturated heterocycles. The van der Waals surface area contributed by atoms with E-state index >= 15 is 0 Å². The molecule has 0 bridgehead atoms. The zero-order valence-electron chi connectivity index (χ0n) is 8.99. The van der Waals surface area contributed by atoms with Crippen molar-refractivity contribution in [2.75, 3.05) is 6.54 Å². The second kappa shape index (κ2) is 4.53. The molecule has 0 radical (unpaired) electrons. The Balaban J connectivity index is 2.48. The maximum Gasteiger partial charge on any atom is 0.108 e. The van der Waals surface area contributed by atoms with Gasteiger partial charge in [-0.2, -0.15) is 0 Å². The molecule has 0 aliphatic heterocycles. The van der Waals surface area contributed by atoms with Crippen molar-refractivity contribution in [1.82, 2.24) is 10.3 Å². The molecule has 0 aliphatic carbocycles. The molecule has 1 aromatic rings. The van der Waals surface area contributed by atoms with Crippen molar-refractivity contribution < 1.29 is 5.11 Å². The Labute approximate surface area is 85.2 Å². The molecule has 0 amide bonds. The lowest BCUT2D eigenvalue weighted by molar-refractivity contribution is 0.159. The molecule has 0 fully saturated rings. The number of nitrogens with one attached hydrogen (secondary N) is 1. The molecule has 78 valence electrons. The molecule has 1 unspecified atom stereocenters. The second-order valence-corrected chi connectivity index (χ2v) is 4.40. The summed E-state index contributed by atoms with van der Waals surface area (Å²) in [6, 6.07) is 5.55. The van der Waals surface area contributed by atoms with Crippen molar-refractivity contribution in [3.63, 3.8) is 0 Å². The van der Waals surface area contributed by atoms with E-state index in [2.05, 4.69) is 31.1 Å². The monoisotopic (exact) mass is 194 g/mol. The van der Waals surface area contributed by atoms with Gasteiger partial charge in [0.25, 0.3) is 0 Å². The first-order chi connectivity index (χ1) is 6.49. The zero-order valence-corrected chi connectivity index (χ0v) is 8.99. The van der Waals surface area contributed by atoms with Crippen molar-refractivity contribution in [3.05, 3.63) is 30.1 Å². The molecule has 1 aromatic heterocycles. The largest absolute Gasteiger partial charge is 0.385 e. The molecule has 14 heavy (non-hydrogen) atoms. The minimum atomic E-state index is -0.532. The number of β-amino-alcohol motifs (C(OH)–C–C–N with tert-alkyl or cyclic N) is 1. The molecule has 0 aliphatic rings. The number of aliphatic hydroxyl groups excluding tert-OH is 1. The molecule has 1 atom stereocenters. The van der Waals surface area contributed by atoms with E-state index in [0.29, 0.717) is 12.2 Å². The number of pyridine rings is 1. The van der Waals surface area contributed by atoms with Crippen molar-refractivity contribution in [1.29, 1.82) is 0 Å². The highest BCUT2D eigenvalue weighted by Crippen LogP contribution is 2.09. The number of aromatic nitrogens is 1. The van der Waals surface area contributed by atoms with Gasteiger partial charge in [0.05, 0.1) is 5.69 Å². The van der Waals surface area contributed by atoms with Crippen LogP contribution in [0.15, 0.2) is 24.4 Å². The fraction of sp³-hybridized carbons (Fsp3) is 0.545. The predicted octanol–water partition coefficient (Wildman–Crippen LogP) is 1.50. The van der Waals surface area contributed by atoms with Crippen LogP contribution in [0.5, 0.6) is 0 Å². The third-order valence-electron chi connectivity index (χ3n) is 1.85. The molecule has 2 N–H and O–H groups in total. The van der Waals surface area contributed by atoms with Gasteiger partial charge in [0.1, 0.15) is 6.10 Å². The molecular weight excluding hydrogens is 176 g/mol. The Bertz CT molecular complexity index is 266. The van der Waals surface area contributed by atoms with Gasteiger partial charge < -0.3 is 10.4 Å². The Kier molecular flexibility index (Phi) is 3.61. The topological polar surface area (TPSA) is 45.1 Å². The van der Waals surface area contributed by atoms with E-state index in [1.807, 2.05) is 18.2 Å². The summed E-state index contributed by atoms with van der Waals surface area (Å²) in [5.74, 6) is 0. The Hall–Kier alpha value is -0.930. The Morgan fingerprint density at radius 1 is 1.43 bits per heavy atom. The summed E-state index contributed by atoms with van der Waals surface area (Å²) in [4.78, 5) is 4.09. The van der Waals surface area contributed by atoms with Crippen LogP contribution in [0.25, 0.3) is 0 Å². The molecular formula is C11H18N2O. The van der Waals surface area contributed by atoms with Gasteiger partial charge in [-0.1, -0.05) is 6.07 Å². The second-order valence-electron chi connectivity index (χ2n) is 4.40. The smallest absolute Gasteiger partial charge is 0.108 e. The van der Waals surface area contributed by atoms with E-state index in [9.17, 15) is 5.11 Å². The fourth-order valence-electron chi connectivity index (χ4n) is 1.08. The van der Waals surface area contributed by atoms with Crippen LogP contribution in [0.1, 0.15) is 32.6 Å². The summed E-state index contributed by atoms with van der Waals surface area (Å²) < 4.78 is 0. The summed E-state index contributed by atoms with van der Waals surface area (Å²) in [5.41, 5.74) is 0.736. The minimum Gasteiger partial charge on any atom is -0.385 e. The summed E-state index contributed by atoms with van der Waals surface area (Å²) in [6.45, 7) is 6.73. The number of aliphatic hydroxyl groups is 1.